The Labute approximate surface area is 119 Å². The van der Waals surface area contributed by atoms with E-state index in [1.807, 2.05) is 0 Å². The Hall–Kier alpha value is -2.18. The quantitative estimate of drug-likeness (QED) is 0.780. The predicted octanol–water partition coefficient (Wildman–Crippen LogP) is 0.887. The van der Waals surface area contributed by atoms with Gasteiger partial charge in [-0.1, -0.05) is 23.7 Å². The molecular formula is C13H12ClN3O3. The number of aromatic nitrogens is 2. The lowest BCUT2D eigenvalue weighted by Crippen LogP contribution is -2.29. The van der Waals surface area contributed by atoms with Gasteiger partial charge in [0.1, 0.15) is 5.69 Å². The van der Waals surface area contributed by atoms with E-state index in [-0.39, 0.29) is 17.8 Å². The molecule has 1 unspecified atom stereocenters. The average Bonchev–Trinajstić information content (AvgIpc) is 2.45. The summed E-state index contributed by atoms with van der Waals surface area (Å²) in [6, 6.07) is 9.25. The first-order valence-corrected chi connectivity index (χ1v) is 6.21. The van der Waals surface area contributed by atoms with Crippen LogP contribution in [0.3, 0.4) is 0 Å². The topological polar surface area (TPSA) is 95.1 Å². The Morgan fingerprint density at radius 3 is 2.85 bits per heavy atom. The molecule has 0 fully saturated rings. The van der Waals surface area contributed by atoms with E-state index in [4.69, 9.17) is 11.6 Å². The number of nitrogens with zero attached hydrogens (tertiary/aromatic N) is 1. The van der Waals surface area contributed by atoms with Crippen LogP contribution in [-0.2, 0) is 0 Å². The summed E-state index contributed by atoms with van der Waals surface area (Å²) in [6.45, 7) is 0.0139. The molecule has 3 N–H and O–H groups in total. The van der Waals surface area contributed by atoms with E-state index in [2.05, 4.69) is 15.5 Å². The minimum Gasteiger partial charge on any atom is -0.387 e. The number of aromatic amines is 1. The molecule has 104 valence electrons. The van der Waals surface area contributed by atoms with Crippen LogP contribution < -0.4 is 10.9 Å². The lowest BCUT2D eigenvalue weighted by molar-refractivity contribution is 0.0910. The van der Waals surface area contributed by atoms with Gasteiger partial charge in [-0.2, -0.15) is 5.10 Å². The van der Waals surface area contributed by atoms with Crippen LogP contribution in [0.5, 0.6) is 0 Å². The molecule has 1 heterocycles. The Balaban J connectivity index is 1.96. The zero-order chi connectivity index (χ0) is 14.5. The van der Waals surface area contributed by atoms with Crippen LogP contribution in [0.25, 0.3) is 0 Å². The van der Waals surface area contributed by atoms with Crippen LogP contribution in [-0.4, -0.2) is 27.8 Å². The van der Waals surface area contributed by atoms with Crippen molar-refractivity contribution >= 4 is 17.5 Å². The molecule has 0 spiro atoms. The first-order chi connectivity index (χ1) is 9.56. The normalized spacial score (nSPS) is 11.9. The van der Waals surface area contributed by atoms with Crippen molar-refractivity contribution in [1.82, 2.24) is 15.5 Å². The Morgan fingerprint density at radius 1 is 1.40 bits per heavy atom. The fourth-order valence-corrected chi connectivity index (χ4v) is 1.78. The summed E-state index contributed by atoms with van der Waals surface area (Å²) >= 11 is 5.82. The Kier molecular flexibility index (Phi) is 4.49. The van der Waals surface area contributed by atoms with Crippen molar-refractivity contribution < 1.29 is 9.90 Å². The first-order valence-electron chi connectivity index (χ1n) is 5.84. The van der Waals surface area contributed by atoms with Gasteiger partial charge < -0.3 is 10.4 Å². The summed E-state index contributed by atoms with van der Waals surface area (Å²) in [5.41, 5.74) is 0.288. The lowest BCUT2D eigenvalue weighted by Gasteiger charge is -2.12. The maximum Gasteiger partial charge on any atom is 0.271 e. The summed E-state index contributed by atoms with van der Waals surface area (Å²) in [6.07, 6.45) is -0.875. The van der Waals surface area contributed by atoms with Crippen molar-refractivity contribution in [3.05, 3.63) is 63.0 Å². The average molecular weight is 294 g/mol. The van der Waals surface area contributed by atoms with Crippen LogP contribution in [0, 0.1) is 0 Å². The number of benzene rings is 1. The maximum absolute atomic E-state index is 11.7. The van der Waals surface area contributed by atoms with Crippen LogP contribution in [0.4, 0.5) is 0 Å². The van der Waals surface area contributed by atoms with E-state index < -0.39 is 12.0 Å². The molecular weight excluding hydrogens is 282 g/mol. The van der Waals surface area contributed by atoms with E-state index in [0.29, 0.717) is 10.6 Å². The molecule has 0 aliphatic rings. The van der Waals surface area contributed by atoms with Crippen molar-refractivity contribution in [2.24, 2.45) is 0 Å². The van der Waals surface area contributed by atoms with Crippen LogP contribution >= 0.6 is 11.6 Å². The highest BCUT2D eigenvalue weighted by atomic mass is 35.5. The molecule has 1 amide bonds. The number of aliphatic hydroxyl groups is 1. The van der Waals surface area contributed by atoms with E-state index in [1.165, 1.54) is 12.1 Å². The predicted molar refractivity (Wildman–Crippen MR) is 73.6 cm³/mol. The van der Waals surface area contributed by atoms with Gasteiger partial charge in [0.05, 0.1) is 6.10 Å². The summed E-state index contributed by atoms with van der Waals surface area (Å²) in [5.74, 6) is -0.484. The number of rotatable bonds is 4. The smallest absolute Gasteiger partial charge is 0.271 e. The second-order valence-electron chi connectivity index (χ2n) is 4.09. The highest BCUT2D eigenvalue weighted by Crippen LogP contribution is 2.16. The summed E-state index contributed by atoms with van der Waals surface area (Å²) in [5, 5.41) is 18.7. The molecule has 1 aromatic carbocycles. The standard InChI is InChI=1S/C13H12ClN3O3/c14-9-3-1-2-8(6-9)11(18)7-15-13(20)10-4-5-12(19)17-16-10/h1-6,11,18H,7H2,(H,15,20)(H,17,19). The summed E-state index contributed by atoms with van der Waals surface area (Å²) in [4.78, 5) is 22.6. The molecule has 7 heteroatoms. The van der Waals surface area contributed by atoms with Crippen LogP contribution in [0.2, 0.25) is 5.02 Å². The van der Waals surface area contributed by atoms with E-state index >= 15 is 0 Å². The van der Waals surface area contributed by atoms with E-state index in [0.717, 1.165) is 0 Å². The van der Waals surface area contributed by atoms with E-state index in [1.54, 1.807) is 24.3 Å². The van der Waals surface area contributed by atoms with Crippen molar-refractivity contribution in [3.63, 3.8) is 0 Å². The molecule has 2 aromatic rings. The minimum absolute atomic E-state index is 0.0139. The molecule has 0 radical (unpaired) electrons. The molecule has 0 aliphatic carbocycles. The number of amides is 1. The molecule has 0 aliphatic heterocycles. The van der Waals surface area contributed by atoms with Gasteiger partial charge in [0.2, 0.25) is 0 Å². The number of nitrogens with one attached hydrogen (secondary N) is 2. The number of hydrogen-bond donors (Lipinski definition) is 3. The molecule has 20 heavy (non-hydrogen) atoms. The highest BCUT2D eigenvalue weighted by Gasteiger charge is 2.12. The summed E-state index contributed by atoms with van der Waals surface area (Å²) in [7, 11) is 0. The number of hydrogen-bond acceptors (Lipinski definition) is 4. The molecule has 1 atom stereocenters. The maximum atomic E-state index is 11.7. The van der Waals surface area contributed by atoms with Gasteiger partial charge in [-0.3, -0.25) is 9.59 Å². The molecule has 0 saturated carbocycles. The number of aliphatic hydroxyl groups excluding tert-OH is 1. The van der Waals surface area contributed by atoms with Gasteiger partial charge in [0, 0.05) is 17.6 Å². The van der Waals surface area contributed by atoms with Crippen LogP contribution in [0.15, 0.2) is 41.2 Å². The lowest BCUT2D eigenvalue weighted by atomic mass is 10.1. The zero-order valence-electron chi connectivity index (χ0n) is 10.3. The number of carbonyl (C=O) groups is 1. The molecule has 0 bridgehead atoms. The fraction of sp³-hybridized carbons (Fsp3) is 0.154. The van der Waals surface area contributed by atoms with Crippen molar-refractivity contribution in [2.45, 2.75) is 6.10 Å². The highest BCUT2D eigenvalue weighted by molar-refractivity contribution is 6.30. The van der Waals surface area contributed by atoms with Gasteiger partial charge in [0.15, 0.2) is 0 Å². The van der Waals surface area contributed by atoms with Gasteiger partial charge in [-0.15, -0.1) is 0 Å². The fourth-order valence-electron chi connectivity index (χ4n) is 1.58. The molecule has 6 nitrogen and oxygen atoms in total. The Morgan fingerprint density at radius 2 is 2.20 bits per heavy atom. The molecule has 1 aromatic heterocycles. The van der Waals surface area contributed by atoms with Crippen molar-refractivity contribution in [1.29, 1.82) is 0 Å². The first kappa shape index (κ1) is 14.2. The van der Waals surface area contributed by atoms with Crippen LogP contribution in [0.1, 0.15) is 22.2 Å². The van der Waals surface area contributed by atoms with Gasteiger partial charge in [-0.05, 0) is 23.8 Å². The largest absolute Gasteiger partial charge is 0.387 e. The molecule has 2 rings (SSSR count). The number of H-pyrrole nitrogens is 1. The minimum atomic E-state index is -0.875. The second kappa shape index (κ2) is 6.31. The molecule has 0 saturated heterocycles. The van der Waals surface area contributed by atoms with E-state index in [9.17, 15) is 14.7 Å². The number of halogens is 1. The third kappa shape index (κ3) is 3.66. The Bertz CT molecular complexity index is 651. The van der Waals surface area contributed by atoms with Gasteiger partial charge in [0.25, 0.3) is 11.5 Å². The van der Waals surface area contributed by atoms with Crippen molar-refractivity contribution in [3.8, 4) is 0 Å². The third-order valence-electron chi connectivity index (χ3n) is 2.60. The van der Waals surface area contributed by atoms with Gasteiger partial charge >= 0.3 is 0 Å². The SMILES string of the molecule is O=C(NCC(O)c1cccc(Cl)c1)c1ccc(=O)[nH]n1. The number of carbonyl (C=O) groups excluding carboxylic acids is 1. The van der Waals surface area contributed by atoms with Crippen molar-refractivity contribution in [2.75, 3.05) is 6.54 Å². The summed E-state index contributed by atoms with van der Waals surface area (Å²) < 4.78 is 0. The second-order valence-corrected chi connectivity index (χ2v) is 4.52. The van der Waals surface area contributed by atoms with Gasteiger partial charge in [-0.25, -0.2) is 5.10 Å². The third-order valence-corrected chi connectivity index (χ3v) is 2.84. The zero-order valence-corrected chi connectivity index (χ0v) is 11.1. The monoisotopic (exact) mass is 293 g/mol.